The Morgan fingerprint density at radius 1 is 1.55 bits per heavy atom. The topological polar surface area (TPSA) is 42.3 Å². The van der Waals surface area contributed by atoms with Crippen molar-refractivity contribution in [1.82, 2.24) is 19.8 Å². The molecule has 3 rings (SSSR count). The number of aryl methyl sites for hydroxylation is 2. The largest absolute Gasteiger partial charge is 0.374 e. The normalized spacial score (nSPS) is 28.5. The van der Waals surface area contributed by atoms with Gasteiger partial charge in [-0.15, -0.1) is 0 Å². The lowest BCUT2D eigenvalue weighted by Crippen LogP contribution is -2.53. The number of fused-ring (bicyclic) bond motifs is 1. The lowest BCUT2D eigenvalue weighted by molar-refractivity contribution is -0.0646. The SMILES string of the molecule is CNC(CCc1nccn1C)C1CN2CCCC2CO1. The number of imidazole rings is 1. The van der Waals surface area contributed by atoms with Crippen LogP contribution in [0, 0.1) is 0 Å². The number of nitrogens with one attached hydrogen (secondary N) is 1. The minimum absolute atomic E-state index is 0.314. The minimum Gasteiger partial charge on any atom is -0.374 e. The fourth-order valence-electron chi connectivity index (χ4n) is 3.52. The summed E-state index contributed by atoms with van der Waals surface area (Å²) < 4.78 is 8.22. The fourth-order valence-corrected chi connectivity index (χ4v) is 3.52. The first-order valence-corrected chi connectivity index (χ1v) is 7.77. The number of nitrogens with zero attached hydrogens (tertiary/aromatic N) is 3. The molecular weight excluding hydrogens is 252 g/mol. The summed E-state index contributed by atoms with van der Waals surface area (Å²) in [6, 6.07) is 1.09. The van der Waals surface area contributed by atoms with Crippen molar-refractivity contribution in [3.05, 3.63) is 18.2 Å². The third-order valence-corrected chi connectivity index (χ3v) is 4.84. The monoisotopic (exact) mass is 278 g/mol. The second-order valence-electron chi connectivity index (χ2n) is 6.05. The standard InChI is InChI=1S/C15H26N4O/c1-16-13(5-6-15-17-7-9-18(15)2)14-10-19-8-3-4-12(19)11-20-14/h7,9,12-14,16H,3-6,8,10-11H2,1-2H3. The zero-order chi connectivity index (χ0) is 13.9. The number of hydrogen-bond acceptors (Lipinski definition) is 4. The van der Waals surface area contributed by atoms with E-state index in [0.29, 0.717) is 18.2 Å². The van der Waals surface area contributed by atoms with Crippen molar-refractivity contribution in [2.24, 2.45) is 7.05 Å². The zero-order valence-corrected chi connectivity index (χ0v) is 12.6. The van der Waals surface area contributed by atoms with E-state index < -0.39 is 0 Å². The summed E-state index contributed by atoms with van der Waals surface area (Å²) in [6.07, 6.45) is 8.91. The summed E-state index contributed by atoms with van der Waals surface area (Å²) in [5, 5.41) is 3.44. The highest BCUT2D eigenvalue weighted by molar-refractivity contribution is 4.95. The van der Waals surface area contributed by atoms with Crippen LogP contribution < -0.4 is 5.32 Å². The van der Waals surface area contributed by atoms with E-state index in [2.05, 4.69) is 26.8 Å². The maximum absolute atomic E-state index is 6.11. The molecule has 112 valence electrons. The number of likely N-dealkylation sites (N-methyl/N-ethyl adjacent to an activating group) is 1. The predicted octanol–water partition coefficient (Wildman–Crippen LogP) is 0.804. The summed E-state index contributed by atoms with van der Waals surface area (Å²) in [5.41, 5.74) is 0. The van der Waals surface area contributed by atoms with Gasteiger partial charge in [0.25, 0.3) is 0 Å². The first-order chi connectivity index (χ1) is 9.78. The maximum atomic E-state index is 6.11. The third kappa shape index (κ3) is 2.90. The van der Waals surface area contributed by atoms with Gasteiger partial charge in [-0.25, -0.2) is 4.98 Å². The van der Waals surface area contributed by atoms with Crippen molar-refractivity contribution in [1.29, 1.82) is 0 Å². The van der Waals surface area contributed by atoms with Crippen molar-refractivity contribution in [2.75, 3.05) is 26.7 Å². The molecule has 2 saturated heterocycles. The summed E-state index contributed by atoms with van der Waals surface area (Å²) >= 11 is 0. The van der Waals surface area contributed by atoms with Gasteiger partial charge in [0, 0.05) is 44.5 Å². The number of ether oxygens (including phenoxy) is 1. The maximum Gasteiger partial charge on any atom is 0.108 e. The first kappa shape index (κ1) is 14.0. The van der Waals surface area contributed by atoms with E-state index >= 15 is 0 Å². The first-order valence-electron chi connectivity index (χ1n) is 7.77. The highest BCUT2D eigenvalue weighted by Crippen LogP contribution is 2.24. The number of aromatic nitrogens is 2. The Morgan fingerprint density at radius 3 is 3.20 bits per heavy atom. The van der Waals surface area contributed by atoms with E-state index in [0.717, 1.165) is 31.8 Å². The van der Waals surface area contributed by atoms with Gasteiger partial charge in [-0.05, 0) is 32.9 Å². The van der Waals surface area contributed by atoms with Crippen LogP contribution in [0.3, 0.4) is 0 Å². The smallest absolute Gasteiger partial charge is 0.108 e. The lowest BCUT2D eigenvalue weighted by atomic mass is 10.0. The Bertz CT molecular complexity index is 433. The molecule has 1 aromatic heterocycles. The van der Waals surface area contributed by atoms with Crippen LogP contribution in [0.15, 0.2) is 12.4 Å². The number of rotatable bonds is 5. The highest BCUT2D eigenvalue weighted by Gasteiger charge is 2.35. The quantitative estimate of drug-likeness (QED) is 0.865. The van der Waals surface area contributed by atoms with Crippen LogP contribution in [0.25, 0.3) is 0 Å². The zero-order valence-electron chi connectivity index (χ0n) is 12.6. The van der Waals surface area contributed by atoms with Gasteiger partial charge in [0.05, 0.1) is 12.7 Å². The van der Waals surface area contributed by atoms with E-state index in [1.165, 1.54) is 19.4 Å². The Hall–Kier alpha value is -0.910. The van der Waals surface area contributed by atoms with Gasteiger partial charge < -0.3 is 14.6 Å². The molecule has 3 atom stereocenters. The summed E-state index contributed by atoms with van der Waals surface area (Å²) in [6.45, 7) is 3.24. The van der Waals surface area contributed by atoms with Crippen molar-refractivity contribution < 1.29 is 4.74 Å². The number of morpholine rings is 1. The van der Waals surface area contributed by atoms with Gasteiger partial charge in [0.1, 0.15) is 5.82 Å². The number of hydrogen-bond donors (Lipinski definition) is 1. The summed E-state index contributed by atoms with van der Waals surface area (Å²) in [5.74, 6) is 1.15. The predicted molar refractivity (Wildman–Crippen MR) is 78.7 cm³/mol. The molecule has 0 aromatic carbocycles. The molecule has 3 unspecified atom stereocenters. The Balaban J connectivity index is 1.55. The highest BCUT2D eigenvalue weighted by atomic mass is 16.5. The molecule has 2 fully saturated rings. The Morgan fingerprint density at radius 2 is 2.45 bits per heavy atom. The molecule has 0 saturated carbocycles. The van der Waals surface area contributed by atoms with Gasteiger partial charge in [-0.1, -0.05) is 0 Å². The molecule has 2 aliphatic heterocycles. The molecule has 1 aromatic rings. The molecule has 0 bridgehead atoms. The van der Waals surface area contributed by atoms with Crippen molar-refractivity contribution in [2.45, 2.75) is 43.9 Å². The molecule has 5 nitrogen and oxygen atoms in total. The van der Waals surface area contributed by atoms with Gasteiger partial charge in [-0.2, -0.15) is 0 Å². The molecule has 1 N–H and O–H groups in total. The average molecular weight is 278 g/mol. The van der Waals surface area contributed by atoms with Gasteiger partial charge in [-0.3, -0.25) is 4.90 Å². The van der Waals surface area contributed by atoms with Crippen LogP contribution in [0.4, 0.5) is 0 Å². The van der Waals surface area contributed by atoms with Crippen molar-refractivity contribution in [3.63, 3.8) is 0 Å². The van der Waals surface area contributed by atoms with Crippen LogP contribution in [-0.2, 0) is 18.2 Å². The van der Waals surface area contributed by atoms with Crippen LogP contribution in [0.5, 0.6) is 0 Å². The second-order valence-corrected chi connectivity index (χ2v) is 6.05. The van der Waals surface area contributed by atoms with Crippen LogP contribution in [-0.4, -0.2) is 59.4 Å². The van der Waals surface area contributed by atoms with Gasteiger partial charge in [0.15, 0.2) is 0 Å². The second kappa shape index (κ2) is 6.24. The Kier molecular flexibility index (Phi) is 4.38. The molecule has 0 aliphatic carbocycles. The van der Waals surface area contributed by atoms with E-state index in [1.807, 2.05) is 19.4 Å². The van der Waals surface area contributed by atoms with Crippen LogP contribution in [0.2, 0.25) is 0 Å². The third-order valence-electron chi connectivity index (χ3n) is 4.84. The molecule has 2 aliphatic rings. The summed E-state index contributed by atoms with van der Waals surface area (Å²) in [7, 11) is 4.10. The van der Waals surface area contributed by atoms with E-state index in [9.17, 15) is 0 Å². The molecule has 5 heteroatoms. The van der Waals surface area contributed by atoms with Gasteiger partial charge in [0.2, 0.25) is 0 Å². The molecule has 20 heavy (non-hydrogen) atoms. The molecule has 0 spiro atoms. The molecule has 3 heterocycles. The van der Waals surface area contributed by atoms with E-state index in [-0.39, 0.29) is 0 Å². The lowest BCUT2D eigenvalue weighted by Gasteiger charge is -2.38. The fraction of sp³-hybridized carbons (Fsp3) is 0.800. The Labute approximate surface area is 121 Å². The average Bonchev–Trinajstić information content (AvgIpc) is 3.08. The molecule has 0 amide bonds. The van der Waals surface area contributed by atoms with E-state index in [4.69, 9.17) is 4.74 Å². The van der Waals surface area contributed by atoms with Crippen molar-refractivity contribution in [3.8, 4) is 0 Å². The van der Waals surface area contributed by atoms with Crippen LogP contribution >= 0.6 is 0 Å². The van der Waals surface area contributed by atoms with Crippen molar-refractivity contribution >= 4 is 0 Å². The van der Waals surface area contributed by atoms with Gasteiger partial charge >= 0.3 is 0 Å². The van der Waals surface area contributed by atoms with Crippen LogP contribution in [0.1, 0.15) is 25.1 Å². The molecular formula is C15H26N4O. The molecule has 0 radical (unpaired) electrons. The minimum atomic E-state index is 0.314. The van der Waals surface area contributed by atoms with E-state index in [1.54, 1.807) is 0 Å². The summed E-state index contributed by atoms with van der Waals surface area (Å²) in [4.78, 5) is 7.01.